The molecule has 0 aliphatic heterocycles. The van der Waals surface area contributed by atoms with Gasteiger partial charge in [-0.05, 0) is 23.8 Å². The van der Waals surface area contributed by atoms with E-state index in [9.17, 15) is 4.79 Å². The molecule has 4 N–H and O–H groups in total. The number of halogens is 1. The molecule has 0 saturated heterocycles. The Morgan fingerprint density at radius 3 is 2.58 bits per heavy atom. The van der Waals surface area contributed by atoms with Crippen LogP contribution in [0.3, 0.4) is 0 Å². The molecule has 0 fully saturated rings. The van der Waals surface area contributed by atoms with E-state index in [1.807, 2.05) is 36.4 Å². The number of nitrogen functional groups attached to an aromatic ring is 1. The molecule has 0 atom stereocenters. The number of nitrogens with one attached hydrogen (secondary N) is 2. The van der Waals surface area contributed by atoms with Crippen LogP contribution in [0.4, 0.5) is 16.2 Å². The minimum Gasteiger partial charge on any atom is -0.397 e. The number of nitrogens with two attached hydrogens (primary N) is 1. The van der Waals surface area contributed by atoms with E-state index < -0.39 is 0 Å². The number of carbonyl (C=O) groups excluding carboxylic acids is 1. The highest BCUT2D eigenvalue weighted by Crippen LogP contribution is 2.22. The highest BCUT2D eigenvalue weighted by atomic mass is 79.9. The van der Waals surface area contributed by atoms with Crippen molar-refractivity contribution >= 4 is 33.3 Å². The van der Waals surface area contributed by atoms with E-state index in [1.54, 1.807) is 12.1 Å². The summed E-state index contributed by atoms with van der Waals surface area (Å²) in [7, 11) is 0. The average molecular weight is 320 g/mol. The molecule has 2 aromatic carbocycles. The Morgan fingerprint density at radius 2 is 1.89 bits per heavy atom. The molecule has 0 radical (unpaired) electrons. The van der Waals surface area contributed by atoms with Gasteiger partial charge in [0, 0.05) is 11.0 Å². The fraction of sp³-hybridized carbons (Fsp3) is 0.0714. The summed E-state index contributed by atoms with van der Waals surface area (Å²) in [5.74, 6) is 0. The monoisotopic (exact) mass is 319 g/mol. The van der Waals surface area contributed by atoms with Gasteiger partial charge in [0.2, 0.25) is 0 Å². The van der Waals surface area contributed by atoms with Crippen LogP contribution in [0, 0.1) is 0 Å². The molecule has 0 aliphatic carbocycles. The van der Waals surface area contributed by atoms with Gasteiger partial charge in [-0.25, -0.2) is 4.79 Å². The van der Waals surface area contributed by atoms with Crippen molar-refractivity contribution in [3.05, 3.63) is 58.6 Å². The van der Waals surface area contributed by atoms with E-state index in [1.165, 1.54) is 0 Å². The molecule has 2 rings (SSSR count). The third kappa shape index (κ3) is 3.99. The SMILES string of the molecule is Nc1cc(Br)ccc1NC(=O)NCc1ccccc1. The first-order chi connectivity index (χ1) is 9.15. The summed E-state index contributed by atoms with van der Waals surface area (Å²) in [4.78, 5) is 11.7. The second-order valence-corrected chi connectivity index (χ2v) is 4.94. The van der Waals surface area contributed by atoms with Gasteiger partial charge in [-0.1, -0.05) is 46.3 Å². The minimum atomic E-state index is -0.280. The molecule has 0 heterocycles. The fourth-order valence-electron chi connectivity index (χ4n) is 1.59. The van der Waals surface area contributed by atoms with E-state index >= 15 is 0 Å². The van der Waals surface area contributed by atoms with Crippen molar-refractivity contribution in [3.63, 3.8) is 0 Å². The Hall–Kier alpha value is -2.01. The van der Waals surface area contributed by atoms with Crippen molar-refractivity contribution in [2.45, 2.75) is 6.54 Å². The van der Waals surface area contributed by atoms with Gasteiger partial charge in [-0.3, -0.25) is 0 Å². The van der Waals surface area contributed by atoms with Crippen LogP contribution in [0.25, 0.3) is 0 Å². The van der Waals surface area contributed by atoms with Crippen molar-refractivity contribution in [3.8, 4) is 0 Å². The van der Waals surface area contributed by atoms with Gasteiger partial charge in [0.1, 0.15) is 0 Å². The summed E-state index contributed by atoms with van der Waals surface area (Å²) >= 11 is 3.32. The van der Waals surface area contributed by atoms with E-state index in [-0.39, 0.29) is 6.03 Å². The molecule has 4 nitrogen and oxygen atoms in total. The molecule has 98 valence electrons. The lowest BCUT2D eigenvalue weighted by molar-refractivity contribution is 0.252. The van der Waals surface area contributed by atoms with Crippen LogP contribution in [0.5, 0.6) is 0 Å². The van der Waals surface area contributed by atoms with E-state index in [0.29, 0.717) is 17.9 Å². The first kappa shape index (κ1) is 13.4. The molecule has 2 aromatic rings. The van der Waals surface area contributed by atoms with Gasteiger partial charge in [0.05, 0.1) is 11.4 Å². The molecule has 0 unspecified atom stereocenters. The standard InChI is InChI=1S/C14H14BrN3O/c15-11-6-7-13(12(16)8-11)18-14(19)17-9-10-4-2-1-3-5-10/h1-8H,9,16H2,(H2,17,18,19). The highest BCUT2D eigenvalue weighted by Gasteiger charge is 2.04. The maximum atomic E-state index is 11.7. The summed E-state index contributed by atoms with van der Waals surface area (Å²) in [6, 6.07) is 14.7. The third-order valence-corrected chi connectivity index (χ3v) is 3.05. The average Bonchev–Trinajstić information content (AvgIpc) is 2.41. The van der Waals surface area contributed by atoms with Gasteiger partial charge in [0.25, 0.3) is 0 Å². The van der Waals surface area contributed by atoms with Gasteiger partial charge >= 0.3 is 6.03 Å². The zero-order chi connectivity index (χ0) is 13.7. The van der Waals surface area contributed by atoms with Crippen LogP contribution in [-0.2, 0) is 6.54 Å². The van der Waals surface area contributed by atoms with Crippen LogP contribution < -0.4 is 16.4 Å². The predicted octanol–water partition coefficient (Wildman–Crippen LogP) is 3.35. The van der Waals surface area contributed by atoms with Crippen LogP contribution >= 0.6 is 15.9 Å². The first-order valence-corrected chi connectivity index (χ1v) is 6.58. The predicted molar refractivity (Wildman–Crippen MR) is 80.9 cm³/mol. The normalized spacial score (nSPS) is 9.95. The summed E-state index contributed by atoms with van der Waals surface area (Å²) < 4.78 is 0.875. The number of urea groups is 1. The van der Waals surface area contributed by atoms with Crippen molar-refractivity contribution in [2.75, 3.05) is 11.1 Å². The lowest BCUT2D eigenvalue weighted by Gasteiger charge is -2.10. The minimum absolute atomic E-state index is 0.280. The highest BCUT2D eigenvalue weighted by molar-refractivity contribution is 9.10. The molecule has 2 amide bonds. The largest absolute Gasteiger partial charge is 0.397 e. The molecule has 0 spiro atoms. The van der Waals surface area contributed by atoms with Crippen molar-refractivity contribution in [1.82, 2.24) is 5.32 Å². The van der Waals surface area contributed by atoms with Crippen LogP contribution in [0.15, 0.2) is 53.0 Å². The zero-order valence-electron chi connectivity index (χ0n) is 10.2. The Balaban J connectivity index is 1.91. The van der Waals surface area contributed by atoms with Gasteiger partial charge in [0.15, 0.2) is 0 Å². The Labute approximate surface area is 120 Å². The number of anilines is 2. The Bertz CT molecular complexity index is 572. The maximum Gasteiger partial charge on any atom is 0.319 e. The van der Waals surface area contributed by atoms with Gasteiger partial charge in [-0.15, -0.1) is 0 Å². The molecule has 0 aromatic heterocycles. The topological polar surface area (TPSA) is 67.1 Å². The number of carbonyl (C=O) groups is 1. The van der Waals surface area contributed by atoms with E-state index in [4.69, 9.17) is 5.73 Å². The van der Waals surface area contributed by atoms with Gasteiger partial charge in [-0.2, -0.15) is 0 Å². The number of rotatable bonds is 3. The Kier molecular flexibility index (Phi) is 4.41. The summed E-state index contributed by atoms with van der Waals surface area (Å²) in [6.07, 6.45) is 0. The lowest BCUT2D eigenvalue weighted by Crippen LogP contribution is -2.28. The quantitative estimate of drug-likeness (QED) is 0.759. The smallest absolute Gasteiger partial charge is 0.319 e. The summed E-state index contributed by atoms with van der Waals surface area (Å²) in [6.45, 7) is 0.475. The van der Waals surface area contributed by atoms with E-state index in [0.717, 1.165) is 10.0 Å². The number of hydrogen-bond acceptors (Lipinski definition) is 2. The Morgan fingerprint density at radius 1 is 1.16 bits per heavy atom. The van der Waals surface area contributed by atoms with Crippen LogP contribution in [0.1, 0.15) is 5.56 Å². The number of amides is 2. The summed E-state index contributed by atoms with van der Waals surface area (Å²) in [5.41, 5.74) is 7.96. The number of hydrogen-bond donors (Lipinski definition) is 3. The molecular weight excluding hydrogens is 306 g/mol. The maximum absolute atomic E-state index is 11.7. The molecule has 0 aliphatic rings. The van der Waals surface area contributed by atoms with Crippen molar-refractivity contribution < 1.29 is 4.79 Å². The van der Waals surface area contributed by atoms with Crippen molar-refractivity contribution in [1.29, 1.82) is 0 Å². The van der Waals surface area contributed by atoms with Crippen LogP contribution in [0.2, 0.25) is 0 Å². The molecule has 0 saturated carbocycles. The molecule has 19 heavy (non-hydrogen) atoms. The summed E-state index contributed by atoms with van der Waals surface area (Å²) in [5, 5.41) is 5.48. The third-order valence-electron chi connectivity index (χ3n) is 2.56. The molecular formula is C14H14BrN3O. The zero-order valence-corrected chi connectivity index (χ0v) is 11.8. The molecule has 5 heteroatoms. The lowest BCUT2D eigenvalue weighted by atomic mass is 10.2. The fourth-order valence-corrected chi connectivity index (χ4v) is 1.97. The van der Waals surface area contributed by atoms with Crippen LogP contribution in [-0.4, -0.2) is 6.03 Å². The van der Waals surface area contributed by atoms with Gasteiger partial charge < -0.3 is 16.4 Å². The first-order valence-electron chi connectivity index (χ1n) is 5.79. The second-order valence-electron chi connectivity index (χ2n) is 4.02. The second kappa shape index (κ2) is 6.24. The van der Waals surface area contributed by atoms with E-state index in [2.05, 4.69) is 26.6 Å². The number of benzene rings is 2. The van der Waals surface area contributed by atoms with Crippen molar-refractivity contribution in [2.24, 2.45) is 0 Å². The molecule has 0 bridgehead atoms.